The summed E-state index contributed by atoms with van der Waals surface area (Å²) in [5.41, 5.74) is 0. The van der Waals surface area contributed by atoms with E-state index in [9.17, 15) is 75.2 Å². The Kier molecular flexibility index (Phi) is 36.3. The van der Waals surface area contributed by atoms with Gasteiger partial charge in [0.1, 0.15) is 92.1 Å². The van der Waals surface area contributed by atoms with E-state index in [1.165, 1.54) is 77.0 Å². The highest BCUT2D eigenvalue weighted by Crippen LogP contribution is 2.49. The largest absolute Gasteiger partial charge is 0.472 e. The van der Waals surface area contributed by atoms with Crippen molar-refractivity contribution in [3.63, 3.8) is 0 Å². The number of hydrogen-bond acceptors (Lipinski definition) is 22. The van der Waals surface area contributed by atoms with E-state index in [-0.39, 0.29) is 12.8 Å². The Balaban J connectivity index is 1.72. The van der Waals surface area contributed by atoms with Crippen LogP contribution >= 0.6 is 7.82 Å². The van der Waals surface area contributed by atoms with E-state index in [1.54, 1.807) is 0 Å². The molecular weight excluding hydrogens is 1060 g/mol. The smallest absolute Gasteiger partial charge is 0.462 e. The van der Waals surface area contributed by atoms with Gasteiger partial charge in [-0.2, -0.15) is 0 Å². The minimum absolute atomic E-state index is 0.0300. The number of phosphoric acid groups is 1. The molecule has 0 bridgehead atoms. The van der Waals surface area contributed by atoms with E-state index in [1.807, 2.05) is 0 Å². The highest BCUT2D eigenvalue weighted by atomic mass is 31.2. The SMILES string of the molecule is CCCCCCCCCC=CCCCCCC(=O)OCC(COP(=O)(O)OC1C(OC2OC(CO)C(O)C(O)C2O)C(O)C(O)C(O)C1OC1OC(CO)C(O)C(O)C1O)OC(=O)CCCCCC=CCCCCCCCCC. The quantitative estimate of drug-likeness (QED) is 0.0179. The van der Waals surface area contributed by atoms with Gasteiger partial charge in [0.2, 0.25) is 0 Å². The molecule has 2 heterocycles. The summed E-state index contributed by atoms with van der Waals surface area (Å²) < 4.78 is 58.0. The van der Waals surface area contributed by atoms with Gasteiger partial charge in [-0.25, -0.2) is 4.57 Å². The first kappa shape index (κ1) is 71.2. The summed E-state index contributed by atoms with van der Waals surface area (Å²) >= 11 is 0. The number of esters is 2. The molecule has 2 saturated heterocycles. The molecule has 1 saturated carbocycles. The van der Waals surface area contributed by atoms with Gasteiger partial charge in [0.15, 0.2) is 18.7 Å². The number of carbonyl (C=O) groups excluding carboxylic acids is 2. The summed E-state index contributed by atoms with van der Waals surface area (Å²) in [7, 11) is -5.64. The van der Waals surface area contributed by atoms with Gasteiger partial charge in [0, 0.05) is 12.8 Å². The molecule has 3 rings (SSSR count). The monoisotopic (exact) mass is 1160 g/mol. The van der Waals surface area contributed by atoms with Crippen LogP contribution in [0.2, 0.25) is 0 Å². The molecule has 16 unspecified atom stereocenters. The first-order chi connectivity index (χ1) is 37.9. The Labute approximate surface area is 466 Å². The first-order valence-electron chi connectivity index (χ1n) is 29.2. The molecule has 16 atom stereocenters. The lowest BCUT2D eigenvalue weighted by molar-refractivity contribution is -0.360. The number of ether oxygens (including phenoxy) is 6. The van der Waals surface area contributed by atoms with Crippen LogP contribution in [-0.4, -0.2) is 204 Å². The van der Waals surface area contributed by atoms with Crippen molar-refractivity contribution < 1.29 is 113 Å². The number of hydrogen-bond donors (Lipinski definition) is 12. The normalized spacial score (nSPS) is 31.6. The molecule has 2 aliphatic heterocycles. The first-order valence-corrected chi connectivity index (χ1v) is 30.7. The molecule has 0 radical (unpaired) electrons. The van der Waals surface area contributed by atoms with Gasteiger partial charge in [0.05, 0.1) is 19.8 Å². The zero-order chi connectivity index (χ0) is 58.2. The van der Waals surface area contributed by atoms with E-state index in [4.69, 9.17) is 37.5 Å². The molecule has 12 N–H and O–H groups in total. The Morgan fingerprint density at radius 2 is 0.835 bits per heavy atom. The van der Waals surface area contributed by atoms with Crippen molar-refractivity contribution in [1.29, 1.82) is 0 Å². The Morgan fingerprint density at radius 3 is 1.24 bits per heavy atom. The van der Waals surface area contributed by atoms with E-state index < -0.39 is 150 Å². The predicted octanol–water partition coefficient (Wildman–Crippen LogP) is 3.70. The number of aliphatic hydroxyl groups is 11. The summed E-state index contributed by atoms with van der Waals surface area (Å²) in [4.78, 5) is 37.4. The minimum atomic E-state index is -5.64. The van der Waals surface area contributed by atoms with E-state index >= 15 is 0 Å². The standard InChI is InChI=1S/C55H99O23P/c1-3-5-7-9-11-13-15-17-19-21-23-25-27-29-31-40(58)71-35-37(73-41(59)32-30-28-26-24-22-20-18-16-14-12-10-8-6-4-2)36-72-79(69,70)78-53-51(76-54-49(67)44(62)42(60)38(33-56)74-54)47(65)46(64)48(66)52(53)77-55-50(68)45(63)43(61)39(34-57)75-55/h19-22,37-39,42-57,60-68H,3-18,23-36H2,1-2H3,(H,69,70). The third kappa shape index (κ3) is 26.2. The number of rotatable bonds is 42. The van der Waals surface area contributed by atoms with Crippen LogP contribution in [0.15, 0.2) is 24.3 Å². The van der Waals surface area contributed by atoms with Gasteiger partial charge in [-0.1, -0.05) is 128 Å². The van der Waals surface area contributed by atoms with Crippen molar-refractivity contribution in [2.24, 2.45) is 0 Å². The van der Waals surface area contributed by atoms with Crippen LogP contribution in [0, 0.1) is 0 Å². The number of phosphoric ester groups is 1. The molecular formula is C55H99O23P. The molecule has 0 spiro atoms. The van der Waals surface area contributed by atoms with Crippen molar-refractivity contribution >= 4 is 19.8 Å². The topological polar surface area (TPSA) is 368 Å². The van der Waals surface area contributed by atoms with Crippen LogP contribution in [0.1, 0.15) is 181 Å². The van der Waals surface area contributed by atoms with Crippen molar-refractivity contribution in [1.82, 2.24) is 0 Å². The summed E-state index contributed by atoms with van der Waals surface area (Å²) in [6, 6.07) is 0. The van der Waals surface area contributed by atoms with Gasteiger partial charge >= 0.3 is 19.8 Å². The molecule has 1 aliphatic carbocycles. The zero-order valence-electron chi connectivity index (χ0n) is 46.6. The molecule has 79 heavy (non-hydrogen) atoms. The fraction of sp³-hybridized carbons (Fsp3) is 0.891. The average molecular weight is 1160 g/mol. The van der Waals surface area contributed by atoms with E-state index in [0.29, 0.717) is 19.3 Å². The van der Waals surface area contributed by atoms with Crippen molar-refractivity contribution in [2.45, 2.75) is 285 Å². The zero-order valence-corrected chi connectivity index (χ0v) is 47.5. The summed E-state index contributed by atoms with van der Waals surface area (Å²) in [5.74, 6) is -1.37. The highest BCUT2D eigenvalue weighted by molar-refractivity contribution is 7.47. The second-order valence-corrected chi connectivity index (χ2v) is 22.6. The summed E-state index contributed by atoms with van der Waals surface area (Å²) in [6.07, 6.45) is -1.13. The van der Waals surface area contributed by atoms with Crippen LogP contribution in [-0.2, 0) is 51.6 Å². The summed E-state index contributed by atoms with van der Waals surface area (Å²) in [6.45, 7) is 0.960. The van der Waals surface area contributed by atoms with Crippen LogP contribution in [0.25, 0.3) is 0 Å². The van der Waals surface area contributed by atoms with E-state index in [2.05, 4.69) is 38.2 Å². The molecule has 0 aromatic heterocycles. The Hall–Kier alpha value is -2.07. The van der Waals surface area contributed by atoms with Gasteiger partial charge in [-0.05, 0) is 64.2 Å². The number of aliphatic hydroxyl groups excluding tert-OH is 11. The van der Waals surface area contributed by atoms with Crippen LogP contribution in [0.4, 0.5) is 0 Å². The van der Waals surface area contributed by atoms with Crippen molar-refractivity contribution in [2.75, 3.05) is 26.4 Å². The molecule has 0 aromatic rings. The number of carbonyl (C=O) groups is 2. The van der Waals surface area contributed by atoms with Crippen molar-refractivity contribution in [3.05, 3.63) is 24.3 Å². The lowest BCUT2D eigenvalue weighted by Gasteiger charge is -2.49. The molecule has 3 aliphatic rings. The number of unbranched alkanes of at least 4 members (excludes halogenated alkanes) is 20. The average Bonchev–Trinajstić information content (AvgIpc) is 3.50. The lowest BCUT2D eigenvalue weighted by atomic mass is 9.84. The Morgan fingerprint density at radius 1 is 0.468 bits per heavy atom. The third-order valence-electron chi connectivity index (χ3n) is 14.5. The van der Waals surface area contributed by atoms with Crippen LogP contribution in [0.5, 0.6) is 0 Å². The Bertz CT molecular complexity index is 1670. The maximum atomic E-state index is 14.0. The van der Waals surface area contributed by atoms with Gasteiger partial charge < -0.3 is 89.5 Å². The molecule has 0 amide bonds. The predicted molar refractivity (Wildman–Crippen MR) is 286 cm³/mol. The fourth-order valence-electron chi connectivity index (χ4n) is 9.58. The fourth-order valence-corrected chi connectivity index (χ4v) is 10.5. The third-order valence-corrected chi connectivity index (χ3v) is 15.5. The molecule has 23 nitrogen and oxygen atoms in total. The molecule has 3 fully saturated rings. The molecule has 0 aromatic carbocycles. The maximum Gasteiger partial charge on any atom is 0.472 e. The lowest BCUT2D eigenvalue weighted by Crippen LogP contribution is -2.69. The second-order valence-electron chi connectivity index (χ2n) is 21.2. The molecule has 462 valence electrons. The van der Waals surface area contributed by atoms with Gasteiger partial charge in [-0.3, -0.25) is 18.6 Å². The summed E-state index contributed by atoms with van der Waals surface area (Å²) in [5, 5.41) is 117. The van der Waals surface area contributed by atoms with Gasteiger partial charge in [0.25, 0.3) is 0 Å². The molecule has 24 heteroatoms. The number of allylic oxidation sites excluding steroid dienone is 4. The van der Waals surface area contributed by atoms with Crippen LogP contribution in [0.3, 0.4) is 0 Å². The van der Waals surface area contributed by atoms with Crippen molar-refractivity contribution in [3.8, 4) is 0 Å². The van der Waals surface area contributed by atoms with E-state index in [0.717, 1.165) is 57.8 Å². The highest BCUT2D eigenvalue weighted by Gasteiger charge is 2.58. The van der Waals surface area contributed by atoms with Crippen LogP contribution < -0.4 is 0 Å². The van der Waals surface area contributed by atoms with Gasteiger partial charge in [-0.15, -0.1) is 0 Å². The minimum Gasteiger partial charge on any atom is -0.462 e. The maximum absolute atomic E-state index is 14.0. The second kappa shape index (κ2) is 40.2.